The average Bonchev–Trinajstić information content (AvgIpc) is 2.88. The van der Waals surface area contributed by atoms with Crippen molar-refractivity contribution in [1.82, 2.24) is 10.9 Å². The summed E-state index contributed by atoms with van der Waals surface area (Å²) in [5, 5.41) is 0. The van der Waals surface area contributed by atoms with Crippen molar-refractivity contribution in [2.75, 3.05) is 0 Å². The van der Waals surface area contributed by atoms with E-state index in [0.29, 0.717) is 18.4 Å². The van der Waals surface area contributed by atoms with Gasteiger partial charge in [0.25, 0.3) is 11.8 Å². The number of Topliss-reactive ketones (excluding diaryl/α,β-unsaturated/α-hetero) is 1. The molecule has 5 heteroatoms. The van der Waals surface area contributed by atoms with Crippen LogP contribution in [0.15, 0.2) is 24.3 Å². The second kappa shape index (κ2) is 5.18. The van der Waals surface area contributed by atoms with Crippen LogP contribution < -0.4 is 10.9 Å². The lowest BCUT2D eigenvalue weighted by molar-refractivity contribution is -0.145. The van der Waals surface area contributed by atoms with Crippen molar-refractivity contribution in [3.8, 4) is 0 Å². The van der Waals surface area contributed by atoms with Gasteiger partial charge in [0.1, 0.15) is 11.2 Å². The Morgan fingerprint density at radius 1 is 1.13 bits per heavy atom. The lowest BCUT2D eigenvalue weighted by Crippen LogP contribution is -2.54. The Morgan fingerprint density at radius 2 is 1.78 bits per heavy atom. The molecule has 23 heavy (non-hydrogen) atoms. The number of hydrogen-bond acceptors (Lipinski definition) is 3. The van der Waals surface area contributed by atoms with Crippen molar-refractivity contribution < 1.29 is 14.4 Å². The number of hydrogen-bond donors (Lipinski definition) is 2. The van der Waals surface area contributed by atoms with Crippen LogP contribution in [0.4, 0.5) is 0 Å². The van der Waals surface area contributed by atoms with E-state index in [0.717, 1.165) is 12.0 Å². The van der Waals surface area contributed by atoms with Crippen molar-refractivity contribution >= 4 is 17.6 Å². The number of amides is 2. The Labute approximate surface area is 135 Å². The molecule has 2 aliphatic rings. The fourth-order valence-electron chi connectivity index (χ4n) is 4.21. The molecule has 1 aromatic rings. The maximum atomic E-state index is 12.7. The molecule has 2 atom stereocenters. The molecule has 2 amide bonds. The van der Waals surface area contributed by atoms with Gasteiger partial charge in [-0.1, -0.05) is 31.5 Å². The lowest BCUT2D eigenvalue weighted by Gasteiger charge is -2.34. The molecule has 2 N–H and O–H groups in total. The highest BCUT2D eigenvalue weighted by Crippen LogP contribution is 2.63. The van der Waals surface area contributed by atoms with Crippen LogP contribution in [0.3, 0.4) is 0 Å². The van der Waals surface area contributed by atoms with Crippen LogP contribution in [0.25, 0.3) is 0 Å². The smallest absolute Gasteiger partial charge is 0.269 e. The van der Waals surface area contributed by atoms with E-state index < -0.39 is 5.41 Å². The molecular weight excluding hydrogens is 292 g/mol. The number of rotatable bonds is 2. The monoisotopic (exact) mass is 314 g/mol. The molecule has 3 rings (SSSR count). The normalized spacial score (nSPS) is 27.8. The van der Waals surface area contributed by atoms with E-state index in [1.807, 2.05) is 32.9 Å². The quantitative estimate of drug-likeness (QED) is 0.649. The van der Waals surface area contributed by atoms with Crippen LogP contribution in [0, 0.1) is 23.7 Å². The first-order chi connectivity index (χ1) is 10.8. The van der Waals surface area contributed by atoms with Gasteiger partial charge in [-0.15, -0.1) is 0 Å². The van der Waals surface area contributed by atoms with Crippen molar-refractivity contribution in [3.05, 3.63) is 35.4 Å². The van der Waals surface area contributed by atoms with E-state index in [4.69, 9.17) is 0 Å². The molecule has 5 nitrogen and oxygen atoms in total. The first kappa shape index (κ1) is 15.7. The largest absolute Gasteiger partial charge is 0.298 e. The Hall–Kier alpha value is -2.17. The Morgan fingerprint density at radius 3 is 2.30 bits per heavy atom. The van der Waals surface area contributed by atoms with Crippen LogP contribution in [0.1, 0.15) is 49.0 Å². The molecule has 2 fully saturated rings. The first-order valence-electron chi connectivity index (χ1n) is 8.00. The lowest BCUT2D eigenvalue weighted by atomic mass is 9.68. The zero-order valence-electron chi connectivity index (χ0n) is 13.7. The topological polar surface area (TPSA) is 75.3 Å². The van der Waals surface area contributed by atoms with Gasteiger partial charge in [0.05, 0.1) is 0 Å². The highest BCUT2D eigenvalue weighted by Gasteiger charge is 2.68. The zero-order chi connectivity index (χ0) is 16.8. The average molecular weight is 314 g/mol. The van der Waals surface area contributed by atoms with E-state index >= 15 is 0 Å². The molecule has 2 aliphatic carbocycles. The van der Waals surface area contributed by atoms with E-state index in [-0.39, 0.29) is 28.9 Å². The number of nitrogens with one attached hydrogen (secondary N) is 2. The Bertz CT molecular complexity index is 678. The van der Waals surface area contributed by atoms with Crippen LogP contribution in [-0.4, -0.2) is 17.6 Å². The summed E-state index contributed by atoms with van der Waals surface area (Å²) in [6.07, 6.45) is 1.92. The number of hydrazine groups is 1. The molecule has 0 saturated heterocycles. The molecule has 0 spiro atoms. The predicted molar refractivity (Wildman–Crippen MR) is 85.3 cm³/mol. The molecule has 2 saturated carbocycles. The minimum atomic E-state index is -1.00. The van der Waals surface area contributed by atoms with Gasteiger partial charge >= 0.3 is 0 Å². The van der Waals surface area contributed by atoms with E-state index in [1.165, 1.54) is 0 Å². The van der Waals surface area contributed by atoms with Crippen molar-refractivity contribution in [2.24, 2.45) is 16.7 Å². The summed E-state index contributed by atoms with van der Waals surface area (Å²) in [7, 11) is 0. The van der Waals surface area contributed by atoms with Gasteiger partial charge in [-0.3, -0.25) is 25.2 Å². The van der Waals surface area contributed by atoms with Crippen molar-refractivity contribution in [3.63, 3.8) is 0 Å². The maximum absolute atomic E-state index is 12.7. The number of carbonyl (C=O) groups excluding carboxylic acids is 3. The third kappa shape index (κ3) is 2.18. The second-order valence-electron chi connectivity index (χ2n) is 7.26. The SMILES string of the molecule is Cc1ccc(C(=O)NNC(=O)C23CCC(CC2=O)C3(C)C)cc1. The molecule has 0 radical (unpaired) electrons. The van der Waals surface area contributed by atoms with E-state index in [2.05, 4.69) is 10.9 Å². The summed E-state index contributed by atoms with van der Waals surface area (Å²) in [5.41, 5.74) is 5.09. The number of fused-ring (bicyclic) bond motifs is 2. The predicted octanol–water partition coefficient (Wildman–Crippen LogP) is 2.15. The summed E-state index contributed by atoms with van der Waals surface area (Å²) in [5.74, 6) is -0.505. The highest BCUT2D eigenvalue weighted by atomic mass is 16.2. The van der Waals surface area contributed by atoms with E-state index in [9.17, 15) is 14.4 Å². The molecule has 0 heterocycles. The van der Waals surface area contributed by atoms with Gasteiger partial charge in [0.2, 0.25) is 0 Å². The van der Waals surface area contributed by atoms with Gasteiger partial charge in [0.15, 0.2) is 0 Å². The van der Waals surface area contributed by atoms with Gasteiger partial charge in [-0.05, 0) is 43.2 Å². The minimum absolute atomic E-state index is 0.000773. The van der Waals surface area contributed by atoms with Crippen LogP contribution in [0.5, 0.6) is 0 Å². The fraction of sp³-hybridized carbons (Fsp3) is 0.500. The van der Waals surface area contributed by atoms with Crippen molar-refractivity contribution in [1.29, 1.82) is 0 Å². The molecule has 0 aromatic heterocycles. The zero-order valence-corrected chi connectivity index (χ0v) is 13.7. The molecule has 2 unspecified atom stereocenters. The molecule has 2 bridgehead atoms. The van der Waals surface area contributed by atoms with Gasteiger partial charge in [-0.25, -0.2) is 0 Å². The number of carbonyl (C=O) groups is 3. The molecule has 0 aliphatic heterocycles. The van der Waals surface area contributed by atoms with Crippen molar-refractivity contribution in [2.45, 2.75) is 40.0 Å². The number of aryl methyl sites for hydroxylation is 1. The standard InChI is InChI=1S/C18H22N2O3/c1-11-4-6-12(7-5-11)15(22)19-20-16(23)18-9-8-13(10-14(18)21)17(18,2)3/h4-7,13H,8-10H2,1-3H3,(H,19,22)(H,20,23). The first-order valence-corrected chi connectivity index (χ1v) is 8.00. The van der Waals surface area contributed by atoms with Crippen LogP contribution in [-0.2, 0) is 9.59 Å². The Kier molecular flexibility index (Phi) is 3.54. The molecule has 122 valence electrons. The molecular formula is C18H22N2O3. The maximum Gasteiger partial charge on any atom is 0.269 e. The van der Waals surface area contributed by atoms with Gasteiger partial charge < -0.3 is 0 Å². The van der Waals surface area contributed by atoms with Gasteiger partial charge in [0, 0.05) is 12.0 Å². The van der Waals surface area contributed by atoms with Gasteiger partial charge in [-0.2, -0.15) is 0 Å². The van der Waals surface area contributed by atoms with Crippen LogP contribution >= 0.6 is 0 Å². The van der Waals surface area contributed by atoms with Crippen LogP contribution in [0.2, 0.25) is 0 Å². The number of benzene rings is 1. The third-order valence-electron chi connectivity index (χ3n) is 5.89. The number of ketones is 1. The third-order valence-corrected chi connectivity index (χ3v) is 5.89. The summed E-state index contributed by atoms with van der Waals surface area (Å²) >= 11 is 0. The molecule has 1 aromatic carbocycles. The summed E-state index contributed by atoms with van der Waals surface area (Å²) in [4.78, 5) is 37.2. The summed E-state index contributed by atoms with van der Waals surface area (Å²) in [6.45, 7) is 5.90. The summed E-state index contributed by atoms with van der Waals surface area (Å²) < 4.78 is 0. The second-order valence-corrected chi connectivity index (χ2v) is 7.26. The highest BCUT2D eigenvalue weighted by molar-refractivity contribution is 6.10. The minimum Gasteiger partial charge on any atom is -0.298 e. The fourth-order valence-corrected chi connectivity index (χ4v) is 4.21. The Balaban J connectivity index is 1.71. The van der Waals surface area contributed by atoms with E-state index in [1.54, 1.807) is 12.1 Å². The summed E-state index contributed by atoms with van der Waals surface area (Å²) in [6, 6.07) is 7.07.